The monoisotopic (exact) mass is 196 g/mol. The lowest BCUT2D eigenvalue weighted by Gasteiger charge is -2.31. The number of rotatable bonds is 2. The highest BCUT2D eigenvalue weighted by atomic mass is 31.1. The molecule has 3 heteroatoms. The topological polar surface area (TPSA) is 34.1 Å². The number of carbonyl (C=O) groups is 1. The molecule has 0 spiro atoms. The van der Waals surface area contributed by atoms with E-state index >= 15 is 0 Å². The molecule has 0 saturated carbocycles. The molecule has 1 aliphatic rings. The molecule has 0 aromatic heterocycles. The molecule has 0 N–H and O–H groups in total. The van der Waals surface area contributed by atoms with E-state index in [1.54, 1.807) is 0 Å². The first-order chi connectivity index (χ1) is 5.99. The van der Waals surface area contributed by atoms with Gasteiger partial charge in [0.1, 0.15) is 0 Å². The molecule has 1 atom stereocenters. The second kappa shape index (κ2) is 3.55. The first-order valence-corrected chi connectivity index (χ1v) is 5.03. The average Bonchev–Trinajstić information content (AvgIpc) is 2.02. The Bertz CT molecular complexity index is 300. The van der Waals surface area contributed by atoms with Gasteiger partial charge in [0.15, 0.2) is 0 Å². The lowest BCUT2D eigenvalue weighted by atomic mass is 9.73. The quantitative estimate of drug-likeness (QED) is 0.636. The van der Waals surface area contributed by atoms with Gasteiger partial charge in [-0.3, -0.25) is 9.36 Å². The summed E-state index contributed by atoms with van der Waals surface area (Å²) in [6, 6.07) is 0. The Hall–Kier alpha value is -0.750. The van der Waals surface area contributed by atoms with Crippen molar-refractivity contribution in [3.8, 4) is 0 Å². The van der Waals surface area contributed by atoms with Crippen molar-refractivity contribution in [2.24, 2.45) is 11.3 Å². The van der Waals surface area contributed by atoms with E-state index in [0.717, 1.165) is 5.57 Å². The zero-order valence-electron chi connectivity index (χ0n) is 8.07. The van der Waals surface area contributed by atoms with E-state index in [9.17, 15) is 9.36 Å². The molecule has 0 aromatic carbocycles. The summed E-state index contributed by atoms with van der Waals surface area (Å²) >= 11 is 0. The van der Waals surface area contributed by atoms with Gasteiger partial charge in [0.2, 0.25) is 14.0 Å². The molecule has 0 saturated heterocycles. The van der Waals surface area contributed by atoms with Gasteiger partial charge in [-0.1, -0.05) is 37.6 Å². The van der Waals surface area contributed by atoms with Crippen LogP contribution in [0.15, 0.2) is 23.8 Å². The van der Waals surface area contributed by atoms with Gasteiger partial charge in [-0.15, -0.1) is 0 Å². The zero-order chi connectivity index (χ0) is 10.1. The van der Waals surface area contributed by atoms with Crippen LogP contribution in [-0.2, 0) is 9.36 Å². The van der Waals surface area contributed by atoms with Crippen LogP contribution in [0.3, 0.4) is 0 Å². The molecule has 70 valence electrons. The van der Waals surface area contributed by atoms with E-state index in [2.05, 4.69) is 0 Å². The Morgan fingerprint density at radius 2 is 2.15 bits per heavy atom. The second-order valence-electron chi connectivity index (χ2n) is 3.95. The number of hydrogen-bond donors (Lipinski definition) is 0. The molecule has 0 bridgehead atoms. The highest BCUT2D eigenvalue weighted by Gasteiger charge is 2.35. The highest BCUT2D eigenvalue weighted by molar-refractivity contribution is 7.46. The largest absolute Gasteiger partial charge is 0.285 e. The lowest BCUT2D eigenvalue weighted by molar-refractivity contribution is -0.115. The minimum atomic E-state index is -0.387. The van der Waals surface area contributed by atoms with Gasteiger partial charge < -0.3 is 0 Å². The summed E-state index contributed by atoms with van der Waals surface area (Å²) < 4.78 is 10.5. The van der Waals surface area contributed by atoms with Crippen LogP contribution in [0.25, 0.3) is 0 Å². The Kier molecular flexibility index (Phi) is 2.82. The zero-order valence-corrected chi connectivity index (χ0v) is 8.97. The summed E-state index contributed by atoms with van der Waals surface area (Å²) in [5.41, 5.74) is 0.539. The van der Waals surface area contributed by atoms with Crippen molar-refractivity contribution in [2.75, 3.05) is 0 Å². The number of allylic oxidation sites excluding steroid dienone is 4. The molecule has 0 radical (unpaired) electrons. The van der Waals surface area contributed by atoms with Gasteiger partial charge >= 0.3 is 0 Å². The van der Waals surface area contributed by atoms with Crippen LogP contribution < -0.4 is 0 Å². The fraction of sp³-hybridized carbons (Fsp3) is 0.500. The van der Waals surface area contributed by atoms with Gasteiger partial charge in [0.25, 0.3) is 0 Å². The van der Waals surface area contributed by atoms with E-state index in [4.69, 9.17) is 0 Å². The SMILES string of the molecule is CC1=CC=CC(C)(C)C1C(=O)P=O. The standard InChI is InChI=1S/C10H13O2P/c1-7-5-4-6-10(2,3)8(7)9(11)13-12/h4-6,8H,1-3H3. The fourth-order valence-corrected chi connectivity index (χ4v) is 2.43. The predicted octanol–water partition coefficient (Wildman–Crippen LogP) is 2.96. The summed E-state index contributed by atoms with van der Waals surface area (Å²) in [7, 11) is -0.387. The van der Waals surface area contributed by atoms with Crippen molar-refractivity contribution in [2.45, 2.75) is 20.8 Å². The Labute approximate surface area is 79.9 Å². The predicted molar refractivity (Wildman–Crippen MR) is 52.8 cm³/mol. The lowest BCUT2D eigenvalue weighted by Crippen LogP contribution is -2.29. The molecule has 0 aromatic rings. The van der Waals surface area contributed by atoms with E-state index in [-0.39, 0.29) is 25.3 Å². The van der Waals surface area contributed by atoms with Gasteiger partial charge in [0, 0.05) is 0 Å². The maximum atomic E-state index is 11.4. The van der Waals surface area contributed by atoms with Crippen LogP contribution in [0.5, 0.6) is 0 Å². The molecule has 0 amide bonds. The Morgan fingerprint density at radius 3 is 2.62 bits per heavy atom. The minimum Gasteiger partial charge on any atom is -0.285 e. The molecule has 1 rings (SSSR count). The second-order valence-corrected chi connectivity index (χ2v) is 4.58. The smallest absolute Gasteiger partial charge is 0.232 e. The van der Waals surface area contributed by atoms with Gasteiger partial charge in [-0.05, 0) is 12.3 Å². The van der Waals surface area contributed by atoms with Crippen LogP contribution in [-0.4, -0.2) is 5.52 Å². The third-order valence-corrected chi connectivity index (χ3v) is 2.86. The third kappa shape index (κ3) is 1.94. The van der Waals surface area contributed by atoms with Crippen LogP contribution in [0.1, 0.15) is 20.8 Å². The van der Waals surface area contributed by atoms with Crippen molar-refractivity contribution in [3.63, 3.8) is 0 Å². The van der Waals surface area contributed by atoms with Crippen molar-refractivity contribution in [1.29, 1.82) is 0 Å². The molecular formula is C10H13O2P. The summed E-state index contributed by atoms with van der Waals surface area (Å²) in [5.74, 6) is -0.239. The van der Waals surface area contributed by atoms with Crippen molar-refractivity contribution >= 4 is 14.0 Å². The Morgan fingerprint density at radius 1 is 1.54 bits per heavy atom. The molecule has 0 fully saturated rings. The first-order valence-electron chi connectivity index (χ1n) is 4.22. The molecule has 1 unspecified atom stereocenters. The van der Waals surface area contributed by atoms with Gasteiger partial charge in [-0.25, -0.2) is 0 Å². The van der Waals surface area contributed by atoms with Crippen molar-refractivity contribution < 1.29 is 9.36 Å². The van der Waals surface area contributed by atoms with Crippen LogP contribution in [0.2, 0.25) is 0 Å². The molecular weight excluding hydrogens is 183 g/mol. The Balaban J connectivity index is 3.05. The molecule has 1 aliphatic carbocycles. The fourth-order valence-electron chi connectivity index (χ4n) is 1.79. The molecule has 2 nitrogen and oxygen atoms in total. The van der Waals surface area contributed by atoms with E-state index in [1.807, 2.05) is 39.0 Å². The number of carbonyl (C=O) groups excluding carboxylic acids is 1. The van der Waals surface area contributed by atoms with Gasteiger partial charge in [0.05, 0.1) is 5.92 Å². The maximum Gasteiger partial charge on any atom is 0.232 e. The van der Waals surface area contributed by atoms with Crippen LogP contribution >= 0.6 is 8.46 Å². The molecule has 0 aliphatic heterocycles. The van der Waals surface area contributed by atoms with Crippen molar-refractivity contribution in [3.05, 3.63) is 23.8 Å². The third-order valence-electron chi connectivity index (χ3n) is 2.42. The minimum absolute atomic E-state index is 0.215. The summed E-state index contributed by atoms with van der Waals surface area (Å²) in [6.45, 7) is 5.86. The maximum absolute atomic E-state index is 11.4. The normalized spacial score (nSPS) is 25.8. The molecule has 0 heterocycles. The molecule has 13 heavy (non-hydrogen) atoms. The van der Waals surface area contributed by atoms with E-state index < -0.39 is 0 Å². The number of hydrogen-bond acceptors (Lipinski definition) is 2. The van der Waals surface area contributed by atoms with Crippen molar-refractivity contribution in [1.82, 2.24) is 0 Å². The summed E-state index contributed by atoms with van der Waals surface area (Å²) in [5, 5.41) is 0. The van der Waals surface area contributed by atoms with Crippen LogP contribution in [0, 0.1) is 11.3 Å². The average molecular weight is 196 g/mol. The highest BCUT2D eigenvalue weighted by Crippen LogP contribution is 2.39. The first kappa shape index (κ1) is 10.3. The van der Waals surface area contributed by atoms with Crippen LogP contribution in [0.4, 0.5) is 0 Å². The summed E-state index contributed by atoms with van der Waals surface area (Å²) in [6.07, 6.45) is 5.83. The van der Waals surface area contributed by atoms with Gasteiger partial charge in [-0.2, -0.15) is 0 Å². The van der Waals surface area contributed by atoms with E-state index in [1.165, 1.54) is 0 Å². The summed E-state index contributed by atoms with van der Waals surface area (Å²) in [4.78, 5) is 11.4. The van der Waals surface area contributed by atoms with E-state index in [0.29, 0.717) is 0 Å².